The average Bonchev–Trinajstić information content (AvgIpc) is 2.74. The van der Waals surface area contributed by atoms with Crippen molar-refractivity contribution in [1.29, 1.82) is 10.7 Å². The molecule has 4 nitrogen and oxygen atoms in total. The van der Waals surface area contributed by atoms with Crippen LogP contribution in [0.3, 0.4) is 0 Å². The minimum atomic E-state index is 0.401. The van der Waals surface area contributed by atoms with Gasteiger partial charge in [-0.3, -0.25) is 10.4 Å². The van der Waals surface area contributed by atoms with E-state index in [-0.39, 0.29) is 0 Å². The summed E-state index contributed by atoms with van der Waals surface area (Å²) in [6.45, 7) is 0.405. The number of hydrogen-bond acceptors (Lipinski definition) is 3. The number of nitriles is 1. The van der Waals surface area contributed by atoms with Crippen LogP contribution in [0.25, 0.3) is 11.1 Å². The lowest BCUT2D eigenvalue weighted by Gasteiger charge is -2.18. The van der Waals surface area contributed by atoms with E-state index in [0.29, 0.717) is 18.1 Å². The standard InChI is InChI=1S/C23H20N4/c1-27(17-26-16-18-7-3-2-4-8-18)23(25)22-12-6-11-21(14-22)20-10-5-9-19(13-20)15-24/h2-14,16,25H,17H2,1H3. The molecule has 1 N–H and O–H groups in total. The first-order valence-electron chi connectivity index (χ1n) is 8.63. The maximum atomic E-state index is 9.09. The third-order valence-corrected chi connectivity index (χ3v) is 4.18. The summed E-state index contributed by atoms with van der Waals surface area (Å²) in [5.74, 6) is 0.401. The maximum absolute atomic E-state index is 9.09. The molecule has 27 heavy (non-hydrogen) atoms. The topological polar surface area (TPSA) is 63.2 Å². The molecule has 3 aromatic carbocycles. The fourth-order valence-electron chi connectivity index (χ4n) is 2.71. The van der Waals surface area contributed by atoms with Crippen LogP contribution in [0.2, 0.25) is 0 Å². The van der Waals surface area contributed by atoms with E-state index in [0.717, 1.165) is 22.3 Å². The summed E-state index contributed by atoms with van der Waals surface area (Å²) in [7, 11) is 1.85. The molecule has 0 unspecified atom stereocenters. The second-order valence-corrected chi connectivity index (χ2v) is 6.18. The summed E-state index contributed by atoms with van der Waals surface area (Å²) >= 11 is 0. The summed E-state index contributed by atoms with van der Waals surface area (Å²) in [6, 6.07) is 27.3. The molecular formula is C23H20N4. The van der Waals surface area contributed by atoms with Crippen molar-refractivity contribution in [3.05, 3.63) is 95.6 Å². The Morgan fingerprint density at radius 1 is 1.00 bits per heavy atom. The van der Waals surface area contributed by atoms with Crippen molar-refractivity contribution < 1.29 is 0 Å². The monoisotopic (exact) mass is 352 g/mol. The maximum Gasteiger partial charge on any atom is 0.129 e. The van der Waals surface area contributed by atoms with Crippen molar-refractivity contribution in [3.8, 4) is 17.2 Å². The molecule has 0 bridgehead atoms. The molecule has 132 valence electrons. The number of hydrogen-bond donors (Lipinski definition) is 1. The summed E-state index contributed by atoms with van der Waals surface area (Å²) < 4.78 is 0. The Hall–Kier alpha value is -3.71. The third-order valence-electron chi connectivity index (χ3n) is 4.18. The van der Waals surface area contributed by atoms with Crippen molar-refractivity contribution in [2.45, 2.75) is 0 Å². The molecule has 0 aromatic heterocycles. The zero-order valence-electron chi connectivity index (χ0n) is 15.1. The minimum absolute atomic E-state index is 0.401. The molecule has 0 heterocycles. The molecule has 0 spiro atoms. The predicted octanol–water partition coefficient (Wildman–Crippen LogP) is 4.56. The van der Waals surface area contributed by atoms with Crippen LogP contribution in [-0.4, -0.2) is 30.7 Å². The molecule has 4 heteroatoms. The second-order valence-electron chi connectivity index (χ2n) is 6.18. The van der Waals surface area contributed by atoms with Crippen LogP contribution in [0, 0.1) is 16.7 Å². The summed E-state index contributed by atoms with van der Waals surface area (Å²) in [6.07, 6.45) is 1.81. The Morgan fingerprint density at radius 3 is 2.44 bits per heavy atom. The highest BCUT2D eigenvalue weighted by molar-refractivity contribution is 5.97. The quantitative estimate of drug-likeness (QED) is 0.540. The van der Waals surface area contributed by atoms with Gasteiger partial charge in [-0.1, -0.05) is 60.7 Å². The van der Waals surface area contributed by atoms with E-state index in [1.54, 1.807) is 11.0 Å². The highest BCUT2D eigenvalue weighted by Crippen LogP contribution is 2.22. The van der Waals surface area contributed by atoms with Crippen molar-refractivity contribution in [2.24, 2.45) is 4.99 Å². The fraction of sp³-hybridized carbons (Fsp3) is 0.0870. The first kappa shape index (κ1) is 18.1. The normalized spacial score (nSPS) is 10.5. The fourth-order valence-corrected chi connectivity index (χ4v) is 2.71. The van der Waals surface area contributed by atoms with E-state index in [1.807, 2.05) is 86.1 Å². The van der Waals surface area contributed by atoms with E-state index < -0.39 is 0 Å². The van der Waals surface area contributed by atoms with Gasteiger partial charge in [-0.2, -0.15) is 5.26 Å². The Bertz CT molecular complexity index is 1000. The Kier molecular flexibility index (Phi) is 5.76. The van der Waals surface area contributed by atoms with Gasteiger partial charge in [-0.25, -0.2) is 0 Å². The number of rotatable bonds is 5. The SMILES string of the molecule is CN(CN=Cc1ccccc1)C(=N)c1cccc(-c2cccc(C#N)c2)c1. The molecule has 0 aliphatic heterocycles. The smallest absolute Gasteiger partial charge is 0.129 e. The van der Waals surface area contributed by atoms with Gasteiger partial charge in [0, 0.05) is 18.8 Å². The first-order chi connectivity index (χ1) is 13.2. The second kappa shape index (κ2) is 8.59. The zero-order chi connectivity index (χ0) is 19.1. The van der Waals surface area contributed by atoms with Crippen LogP contribution >= 0.6 is 0 Å². The van der Waals surface area contributed by atoms with Crippen molar-refractivity contribution >= 4 is 12.1 Å². The van der Waals surface area contributed by atoms with Crippen molar-refractivity contribution in [1.82, 2.24) is 4.90 Å². The lowest BCUT2D eigenvalue weighted by atomic mass is 10.0. The number of amidine groups is 1. The molecule has 3 rings (SSSR count). The van der Waals surface area contributed by atoms with Crippen LogP contribution in [0.15, 0.2) is 83.9 Å². The summed E-state index contributed by atoms with van der Waals surface area (Å²) in [5.41, 5.74) is 4.42. The van der Waals surface area contributed by atoms with Gasteiger partial charge in [0.15, 0.2) is 0 Å². The molecule has 0 fully saturated rings. The average molecular weight is 352 g/mol. The molecular weight excluding hydrogens is 332 g/mol. The van der Waals surface area contributed by atoms with Crippen LogP contribution in [0.1, 0.15) is 16.7 Å². The van der Waals surface area contributed by atoms with E-state index in [4.69, 9.17) is 10.7 Å². The highest BCUT2D eigenvalue weighted by atomic mass is 15.2. The Balaban J connectivity index is 1.73. The number of aliphatic imine (C=N–C) groups is 1. The van der Waals surface area contributed by atoms with Gasteiger partial charge in [0.25, 0.3) is 0 Å². The van der Waals surface area contributed by atoms with Crippen molar-refractivity contribution in [2.75, 3.05) is 13.7 Å². The molecule has 0 atom stereocenters. The van der Waals surface area contributed by atoms with Gasteiger partial charge >= 0.3 is 0 Å². The number of benzene rings is 3. The van der Waals surface area contributed by atoms with Gasteiger partial charge < -0.3 is 4.90 Å². The van der Waals surface area contributed by atoms with E-state index in [2.05, 4.69) is 11.1 Å². The van der Waals surface area contributed by atoms with Gasteiger partial charge in [-0.15, -0.1) is 0 Å². The Labute approximate surface area is 159 Å². The molecule has 0 radical (unpaired) electrons. The van der Waals surface area contributed by atoms with E-state index >= 15 is 0 Å². The van der Waals surface area contributed by atoms with Crippen molar-refractivity contribution in [3.63, 3.8) is 0 Å². The first-order valence-corrected chi connectivity index (χ1v) is 8.63. The minimum Gasteiger partial charge on any atom is -0.340 e. The summed E-state index contributed by atoms with van der Waals surface area (Å²) in [5, 5.41) is 17.5. The van der Waals surface area contributed by atoms with Crippen LogP contribution in [0.5, 0.6) is 0 Å². The number of nitrogens with one attached hydrogen (secondary N) is 1. The number of nitrogens with zero attached hydrogens (tertiary/aromatic N) is 3. The van der Waals surface area contributed by atoms with Crippen LogP contribution in [-0.2, 0) is 0 Å². The summed E-state index contributed by atoms with van der Waals surface area (Å²) in [4.78, 5) is 6.21. The van der Waals surface area contributed by atoms with E-state index in [9.17, 15) is 0 Å². The largest absolute Gasteiger partial charge is 0.340 e. The molecule has 0 saturated heterocycles. The molecule has 0 saturated carbocycles. The van der Waals surface area contributed by atoms with Gasteiger partial charge in [0.1, 0.15) is 12.5 Å². The molecule has 0 aliphatic carbocycles. The lowest BCUT2D eigenvalue weighted by Crippen LogP contribution is -2.27. The molecule has 0 amide bonds. The Morgan fingerprint density at radius 2 is 1.70 bits per heavy atom. The predicted molar refractivity (Wildman–Crippen MR) is 110 cm³/mol. The van der Waals surface area contributed by atoms with Gasteiger partial charge in [-0.05, 0) is 34.9 Å². The third kappa shape index (κ3) is 4.68. The van der Waals surface area contributed by atoms with Crippen LogP contribution in [0.4, 0.5) is 0 Å². The molecule has 0 aliphatic rings. The highest BCUT2D eigenvalue weighted by Gasteiger charge is 2.08. The zero-order valence-corrected chi connectivity index (χ0v) is 15.1. The van der Waals surface area contributed by atoms with Gasteiger partial charge in [0.2, 0.25) is 0 Å². The lowest BCUT2D eigenvalue weighted by molar-refractivity contribution is 0.522. The van der Waals surface area contributed by atoms with E-state index in [1.165, 1.54) is 0 Å². The van der Waals surface area contributed by atoms with Crippen LogP contribution < -0.4 is 0 Å². The molecule has 3 aromatic rings. The van der Waals surface area contributed by atoms with Gasteiger partial charge in [0.05, 0.1) is 11.6 Å².